The summed E-state index contributed by atoms with van der Waals surface area (Å²) in [6, 6.07) is 4.24. The first-order valence-corrected chi connectivity index (χ1v) is 8.91. The Morgan fingerprint density at radius 2 is 1.87 bits per heavy atom. The highest BCUT2D eigenvalue weighted by atomic mass is 19.1. The smallest absolute Gasteiger partial charge is 0.407 e. The van der Waals surface area contributed by atoms with Gasteiger partial charge in [-0.25, -0.2) is 14.2 Å². The van der Waals surface area contributed by atoms with E-state index in [1.54, 1.807) is 0 Å². The van der Waals surface area contributed by atoms with Crippen molar-refractivity contribution in [2.45, 2.75) is 0 Å². The van der Waals surface area contributed by atoms with Gasteiger partial charge in [0.25, 0.3) is 11.6 Å². The highest BCUT2D eigenvalue weighted by Gasteiger charge is 2.23. The number of nitro benzene ring substituents is 1. The molecule has 160 valence electrons. The Balaban J connectivity index is 1.79. The molecule has 0 atom stereocenters. The number of nitrogen functional groups attached to an aromatic ring is 1. The van der Waals surface area contributed by atoms with Gasteiger partial charge in [-0.05, 0) is 12.0 Å². The van der Waals surface area contributed by atoms with Crippen molar-refractivity contribution >= 4 is 23.5 Å². The maximum atomic E-state index is 14.2. The first-order chi connectivity index (χ1) is 14.8. The third kappa shape index (κ3) is 4.96. The van der Waals surface area contributed by atoms with Crippen molar-refractivity contribution in [3.05, 3.63) is 52.0 Å². The number of aromatic nitrogens is 1. The van der Waals surface area contributed by atoms with Crippen LogP contribution in [0.3, 0.4) is 0 Å². The third-order valence-corrected chi connectivity index (χ3v) is 4.42. The van der Waals surface area contributed by atoms with E-state index in [-0.39, 0.29) is 49.1 Å². The summed E-state index contributed by atoms with van der Waals surface area (Å²) in [6.07, 6.45) is 0.244. The average Bonchev–Trinajstić information content (AvgIpc) is 2.74. The Hall–Kier alpha value is -4.40. The second-order valence-corrected chi connectivity index (χ2v) is 6.36. The number of benzene rings is 1. The normalized spacial score (nSPS) is 13.2. The third-order valence-electron chi connectivity index (χ3n) is 4.42. The standard InChI is InChI=1S/C19H16FN5O6/c20-14-11-12(25(29)30)1-3-16(14)31-15-5-6-22-18(21)13(15)2-4-17(26)23-7-9-24(10-8-23)19(27)28/h1,3,5-6,11H,7-10H2,(H2,21,22)(H,27,28). The van der Waals surface area contributed by atoms with Crippen LogP contribution in [-0.4, -0.2) is 63.0 Å². The highest BCUT2D eigenvalue weighted by molar-refractivity contribution is 5.94. The molecular weight excluding hydrogens is 413 g/mol. The van der Waals surface area contributed by atoms with Crippen LogP contribution >= 0.6 is 0 Å². The maximum Gasteiger partial charge on any atom is 0.407 e. The number of carbonyl (C=O) groups excluding carboxylic acids is 1. The Bertz CT molecular complexity index is 1100. The Morgan fingerprint density at radius 3 is 2.48 bits per heavy atom. The number of pyridine rings is 1. The molecule has 2 aromatic rings. The minimum Gasteiger partial charge on any atom is -0.465 e. The zero-order valence-electron chi connectivity index (χ0n) is 15.9. The molecule has 3 N–H and O–H groups in total. The molecule has 31 heavy (non-hydrogen) atoms. The van der Waals surface area contributed by atoms with Gasteiger partial charge >= 0.3 is 6.09 Å². The fraction of sp³-hybridized carbons (Fsp3) is 0.211. The van der Waals surface area contributed by atoms with Gasteiger partial charge in [0.2, 0.25) is 0 Å². The van der Waals surface area contributed by atoms with Crippen LogP contribution in [0.15, 0.2) is 30.5 Å². The molecule has 0 aliphatic carbocycles. The van der Waals surface area contributed by atoms with Gasteiger partial charge in [0, 0.05) is 50.4 Å². The lowest BCUT2D eigenvalue weighted by Crippen LogP contribution is -2.49. The number of nitrogens with two attached hydrogens (primary N) is 1. The number of hydrogen-bond acceptors (Lipinski definition) is 7. The van der Waals surface area contributed by atoms with E-state index in [1.807, 2.05) is 0 Å². The number of anilines is 1. The minimum atomic E-state index is -1.05. The second kappa shape index (κ2) is 8.95. The highest BCUT2D eigenvalue weighted by Crippen LogP contribution is 2.30. The summed E-state index contributed by atoms with van der Waals surface area (Å²) in [5.74, 6) is 3.13. The number of amides is 2. The molecule has 2 heterocycles. The zero-order valence-corrected chi connectivity index (χ0v) is 15.9. The summed E-state index contributed by atoms with van der Waals surface area (Å²) >= 11 is 0. The number of carboxylic acid groups (broad SMARTS) is 1. The minimum absolute atomic E-state index is 0.0104. The summed E-state index contributed by atoms with van der Waals surface area (Å²) in [5, 5.41) is 19.7. The van der Waals surface area contributed by atoms with Crippen LogP contribution in [0.1, 0.15) is 5.56 Å². The number of rotatable bonds is 3. The van der Waals surface area contributed by atoms with Crippen molar-refractivity contribution in [2.75, 3.05) is 31.9 Å². The first kappa shape index (κ1) is 21.3. The lowest BCUT2D eigenvalue weighted by atomic mass is 10.2. The van der Waals surface area contributed by atoms with Crippen molar-refractivity contribution in [1.29, 1.82) is 0 Å². The summed E-state index contributed by atoms with van der Waals surface area (Å²) in [5.41, 5.74) is 5.42. The van der Waals surface area contributed by atoms with Gasteiger partial charge in [0.1, 0.15) is 17.1 Å². The summed E-state index contributed by atoms with van der Waals surface area (Å²) in [7, 11) is 0. The summed E-state index contributed by atoms with van der Waals surface area (Å²) in [6.45, 7) is 0.733. The topological polar surface area (TPSA) is 152 Å². The fourth-order valence-corrected chi connectivity index (χ4v) is 2.77. The summed E-state index contributed by atoms with van der Waals surface area (Å²) < 4.78 is 19.6. The molecule has 1 aromatic heterocycles. The molecule has 11 nitrogen and oxygen atoms in total. The lowest BCUT2D eigenvalue weighted by Gasteiger charge is -2.31. The van der Waals surface area contributed by atoms with E-state index in [2.05, 4.69) is 16.8 Å². The molecule has 1 saturated heterocycles. The number of nitro groups is 1. The molecule has 0 unspecified atom stereocenters. The predicted octanol–water partition coefficient (Wildman–Crippen LogP) is 1.68. The van der Waals surface area contributed by atoms with Gasteiger partial charge in [0.15, 0.2) is 11.6 Å². The molecule has 1 aliphatic rings. The summed E-state index contributed by atoms with van der Waals surface area (Å²) in [4.78, 5) is 39.8. The number of ether oxygens (including phenoxy) is 1. The van der Waals surface area contributed by atoms with Gasteiger partial charge in [-0.15, -0.1) is 0 Å². The molecule has 0 bridgehead atoms. The Morgan fingerprint density at radius 1 is 1.19 bits per heavy atom. The second-order valence-electron chi connectivity index (χ2n) is 6.36. The van der Waals surface area contributed by atoms with Crippen LogP contribution in [-0.2, 0) is 4.79 Å². The molecule has 0 saturated carbocycles. The van der Waals surface area contributed by atoms with Crippen LogP contribution in [0.4, 0.5) is 20.7 Å². The molecule has 1 aliphatic heterocycles. The Labute approximate surface area is 175 Å². The monoisotopic (exact) mass is 429 g/mol. The number of nitrogens with zero attached hydrogens (tertiary/aromatic N) is 4. The van der Waals surface area contributed by atoms with Crippen LogP contribution in [0.25, 0.3) is 0 Å². The van der Waals surface area contributed by atoms with E-state index in [9.17, 15) is 24.1 Å². The van der Waals surface area contributed by atoms with E-state index >= 15 is 0 Å². The van der Waals surface area contributed by atoms with Gasteiger partial charge in [-0.3, -0.25) is 14.9 Å². The van der Waals surface area contributed by atoms with Crippen LogP contribution in [0.2, 0.25) is 0 Å². The maximum absolute atomic E-state index is 14.2. The Kier molecular flexibility index (Phi) is 6.15. The zero-order chi connectivity index (χ0) is 22.5. The predicted molar refractivity (Wildman–Crippen MR) is 105 cm³/mol. The molecule has 1 fully saturated rings. The van der Waals surface area contributed by atoms with Gasteiger partial charge in [-0.1, -0.05) is 0 Å². The first-order valence-electron chi connectivity index (χ1n) is 8.91. The van der Waals surface area contributed by atoms with Crippen LogP contribution < -0.4 is 10.5 Å². The number of halogens is 1. The van der Waals surface area contributed by atoms with E-state index in [1.165, 1.54) is 22.1 Å². The molecule has 0 radical (unpaired) electrons. The molecule has 3 rings (SSSR count). The largest absolute Gasteiger partial charge is 0.465 e. The SMILES string of the molecule is Nc1nccc(Oc2ccc([N+](=O)[O-])cc2F)c1C#CC(=O)N1CCN(C(=O)O)CC1. The van der Waals surface area contributed by atoms with Gasteiger partial charge in [-0.2, -0.15) is 0 Å². The molecule has 1 aromatic carbocycles. The van der Waals surface area contributed by atoms with Crippen LogP contribution in [0.5, 0.6) is 11.5 Å². The molecule has 0 spiro atoms. The lowest BCUT2D eigenvalue weighted by molar-refractivity contribution is -0.385. The van der Waals surface area contributed by atoms with Crippen molar-refractivity contribution < 1.29 is 28.7 Å². The van der Waals surface area contributed by atoms with Crippen molar-refractivity contribution in [3.63, 3.8) is 0 Å². The van der Waals surface area contributed by atoms with Crippen molar-refractivity contribution in [1.82, 2.24) is 14.8 Å². The number of hydrogen-bond donors (Lipinski definition) is 2. The van der Waals surface area contributed by atoms with E-state index in [0.717, 1.165) is 12.1 Å². The quantitative estimate of drug-likeness (QED) is 0.425. The number of carbonyl (C=O) groups is 2. The number of non-ortho nitro benzene ring substituents is 1. The van der Waals surface area contributed by atoms with E-state index < -0.39 is 28.4 Å². The van der Waals surface area contributed by atoms with Gasteiger partial charge < -0.3 is 25.4 Å². The van der Waals surface area contributed by atoms with E-state index in [0.29, 0.717) is 6.07 Å². The van der Waals surface area contributed by atoms with Gasteiger partial charge in [0.05, 0.1) is 11.0 Å². The van der Waals surface area contributed by atoms with Crippen molar-refractivity contribution in [3.8, 4) is 23.3 Å². The van der Waals surface area contributed by atoms with Crippen LogP contribution in [0, 0.1) is 27.8 Å². The van der Waals surface area contributed by atoms with E-state index in [4.69, 9.17) is 15.6 Å². The number of piperazine rings is 1. The fourth-order valence-electron chi connectivity index (χ4n) is 2.77. The molecule has 12 heteroatoms. The molecular formula is C19H16FN5O6. The average molecular weight is 429 g/mol. The molecule has 2 amide bonds. The van der Waals surface area contributed by atoms with Crippen molar-refractivity contribution in [2.24, 2.45) is 0 Å².